The van der Waals surface area contributed by atoms with E-state index in [4.69, 9.17) is 0 Å². The Labute approximate surface area is 109 Å². The molecule has 0 saturated heterocycles. The highest BCUT2D eigenvalue weighted by Crippen LogP contribution is 2.30. The molecule has 1 nitrogen and oxygen atoms in total. The minimum Gasteiger partial charge on any atom is -0.314 e. The van der Waals surface area contributed by atoms with Crippen LogP contribution in [0.5, 0.6) is 0 Å². The standard InChI is InChI=1S/C16H33N/c1-3-5-6-7-8-13-16(17-14-4-2)15-11-9-10-12-15/h15-17H,3-14H2,1-2H3. The second-order valence-electron chi connectivity index (χ2n) is 5.81. The van der Waals surface area contributed by atoms with Gasteiger partial charge in [0.2, 0.25) is 0 Å². The maximum atomic E-state index is 3.80. The summed E-state index contributed by atoms with van der Waals surface area (Å²) in [6.07, 6.45) is 15.7. The number of rotatable bonds is 10. The van der Waals surface area contributed by atoms with Crippen LogP contribution in [0.2, 0.25) is 0 Å². The lowest BCUT2D eigenvalue weighted by molar-refractivity contribution is 0.330. The van der Waals surface area contributed by atoms with E-state index in [2.05, 4.69) is 19.2 Å². The van der Waals surface area contributed by atoms with E-state index in [-0.39, 0.29) is 0 Å². The summed E-state index contributed by atoms with van der Waals surface area (Å²) in [6, 6.07) is 0.832. The Morgan fingerprint density at radius 2 is 1.65 bits per heavy atom. The predicted octanol–water partition coefficient (Wildman–Crippen LogP) is 4.91. The number of hydrogen-bond donors (Lipinski definition) is 1. The van der Waals surface area contributed by atoms with Crippen LogP contribution in [0.3, 0.4) is 0 Å². The monoisotopic (exact) mass is 239 g/mol. The van der Waals surface area contributed by atoms with Gasteiger partial charge < -0.3 is 5.32 Å². The second-order valence-corrected chi connectivity index (χ2v) is 5.81. The highest BCUT2D eigenvalue weighted by molar-refractivity contribution is 4.80. The van der Waals surface area contributed by atoms with E-state index in [1.54, 1.807) is 0 Å². The first-order valence-electron chi connectivity index (χ1n) is 8.11. The van der Waals surface area contributed by atoms with Crippen LogP contribution in [-0.4, -0.2) is 12.6 Å². The van der Waals surface area contributed by atoms with Crippen molar-refractivity contribution >= 4 is 0 Å². The van der Waals surface area contributed by atoms with Crippen LogP contribution in [0.4, 0.5) is 0 Å². The summed E-state index contributed by atoms with van der Waals surface area (Å²) < 4.78 is 0. The van der Waals surface area contributed by atoms with Crippen molar-refractivity contribution in [3.05, 3.63) is 0 Å². The average molecular weight is 239 g/mol. The van der Waals surface area contributed by atoms with Crippen LogP contribution in [-0.2, 0) is 0 Å². The second kappa shape index (κ2) is 9.94. The Morgan fingerprint density at radius 3 is 2.29 bits per heavy atom. The third-order valence-corrected chi connectivity index (χ3v) is 4.24. The number of hydrogen-bond acceptors (Lipinski definition) is 1. The molecule has 0 aromatic carbocycles. The van der Waals surface area contributed by atoms with E-state index >= 15 is 0 Å². The van der Waals surface area contributed by atoms with Gasteiger partial charge in [0, 0.05) is 6.04 Å². The van der Waals surface area contributed by atoms with Gasteiger partial charge in [-0.2, -0.15) is 0 Å². The molecule has 0 heterocycles. The van der Waals surface area contributed by atoms with Crippen LogP contribution in [0.25, 0.3) is 0 Å². The van der Waals surface area contributed by atoms with Crippen molar-refractivity contribution < 1.29 is 0 Å². The molecule has 1 rings (SSSR count). The van der Waals surface area contributed by atoms with Gasteiger partial charge in [-0.1, -0.05) is 58.8 Å². The summed E-state index contributed by atoms with van der Waals surface area (Å²) in [7, 11) is 0. The van der Waals surface area contributed by atoms with Crippen molar-refractivity contribution in [1.82, 2.24) is 5.32 Å². The molecule has 1 aliphatic rings. The van der Waals surface area contributed by atoms with Crippen molar-refractivity contribution in [2.24, 2.45) is 5.92 Å². The fourth-order valence-electron chi connectivity index (χ4n) is 3.16. The molecule has 0 aromatic rings. The van der Waals surface area contributed by atoms with E-state index < -0.39 is 0 Å². The average Bonchev–Trinajstić information content (AvgIpc) is 2.86. The molecule has 1 unspecified atom stereocenters. The van der Waals surface area contributed by atoms with E-state index in [0.29, 0.717) is 0 Å². The van der Waals surface area contributed by atoms with Gasteiger partial charge in [-0.15, -0.1) is 0 Å². The lowest BCUT2D eigenvalue weighted by Crippen LogP contribution is -2.35. The third-order valence-electron chi connectivity index (χ3n) is 4.24. The zero-order chi connectivity index (χ0) is 12.3. The van der Waals surface area contributed by atoms with Gasteiger partial charge in [0.1, 0.15) is 0 Å². The van der Waals surface area contributed by atoms with Crippen LogP contribution < -0.4 is 5.32 Å². The number of unbranched alkanes of at least 4 members (excludes halogenated alkanes) is 4. The molecule has 1 saturated carbocycles. The Kier molecular flexibility index (Phi) is 8.78. The van der Waals surface area contributed by atoms with Gasteiger partial charge in [-0.3, -0.25) is 0 Å². The first-order valence-corrected chi connectivity index (χ1v) is 8.11. The molecule has 0 aromatic heterocycles. The first-order chi connectivity index (χ1) is 8.38. The van der Waals surface area contributed by atoms with E-state index in [1.807, 2.05) is 0 Å². The molecule has 0 bridgehead atoms. The van der Waals surface area contributed by atoms with Gasteiger partial charge in [-0.05, 0) is 38.1 Å². The van der Waals surface area contributed by atoms with Crippen molar-refractivity contribution in [3.8, 4) is 0 Å². The molecular formula is C16H33N. The van der Waals surface area contributed by atoms with Crippen molar-refractivity contribution in [3.63, 3.8) is 0 Å². The van der Waals surface area contributed by atoms with Crippen molar-refractivity contribution in [1.29, 1.82) is 0 Å². The van der Waals surface area contributed by atoms with Gasteiger partial charge >= 0.3 is 0 Å². The SMILES string of the molecule is CCCCCCCC(NCCC)C1CCCC1. The zero-order valence-electron chi connectivity index (χ0n) is 12.1. The minimum absolute atomic E-state index is 0.832. The fourth-order valence-corrected chi connectivity index (χ4v) is 3.16. The molecule has 1 N–H and O–H groups in total. The summed E-state index contributed by atoms with van der Waals surface area (Å²) in [6.45, 7) is 5.79. The third kappa shape index (κ3) is 6.45. The van der Waals surface area contributed by atoms with Crippen LogP contribution in [0.1, 0.15) is 84.5 Å². The Bertz CT molecular complexity index is 161. The summed E-state index contributed by atoms with van der Waals surface area (Å²) >= 11 is 0. The highest BCUT2D eigenvalue weighted by Gasteiger charge is 2.23. The number of nitrogens with one attached hydrogen (secondary N) is 1. The summed E-state index contributed by atoms with van der Waals surface area (Å²) in [4.78, 5) is 0. The Morgan fingerprint density at radius 1 is 0.941 bits per heavy atom. The van der Waals surface area contributed by atoms with Crippen LogP contribution in [0, 0.1) is 5.92 Å². The fraction of sp³-hybridized carbons (Fsp3) is 1.00. The van der Waals surface area contributed by atoms with Crippen LogP contribution >= 0.6 is 0 Å². The molecule has 1 heteroatoms. The van der Waals surface area contributed by atoms with Gasteiger partial charge in [0.25, 0.3) is 0 Å². The predicted molar refractivity (Wildman–Crippen MR) is 77.4 cm³/mol. The van der Waals surface area contributed by atoms with Gasteiger partial charge in [0.05, 0.1) is 0 Å². The van der Waals surface area contributed by atoms with Gasteiger partial charge in [-0.25, -0.2) is 0 Å². The normalized spacial score (nSPS) is 18.7. The summed E-state index contributed by atoms with van der Waals surface area (Å²) in [5.41, 5.74) is 0. The molecule has 1 fully saturated rings. The van der Waals surface area contributed by atoms with Crippen molar-refractivity contribution in [2.45, 2.75) is 90.5 Å². The molecular weight excluding hydrogens is 206 g/mol. The zero-order valence-corrected chi connectivity index (χ0v) is 12.1. The summed E-state index contributed by atoms with van der Waals surface area (Å²) in [5.74, 6) is 0.993. The summed E-state index contributed by atoms with van der Waals surface area (Å²) in [5, 5.41) is 3.80. The quantitative estimate of drug-likeness (QED) is 0.534. The maximum absolute atomic E-state index is 3.80. The Hall–Kier alpha value is -0.0400. The van der Waals surface area contributed by atoms with E-state index in [1.165, 1.54) is 77.2 Å². The largest absolute Gasteiger partial charge is 0.314 e. The molecule has 0 radical (unpaired) electrons. The smallest absolute Gasteiger partial charge is 0.00953 e. The maximum Gasteiger partial charge on any atom is 0.00953 e. The van der Waals surface area contributed by atoms with Crippen LogP contribution in [0.15, 0.2) is 0 Å². The van der Waals surface area contributed by atoms with E-state index in [0.717, 1.165) is 12.0 Å². The topological polar surface area (TPSA) is 12.0 Å². The lowest BCUT2D eigenvalue weighted by Gasteiger charge is -2.24. The first kappa shape index (κ1) is 15.0. The molecule has 102 valence electrons. The lowest BCUT2D eigenvalue weighted by atomic mass is 9.93. The van der Waals surface area contributed by atoms with Gasteiger partial charge in [0.15, 0.2) is 0 Å². The molecule has 0 amide bonds. The molecule has 17 heavy (non-hydrogen) atoms. The molecule has 0 aliphatic heterocycles. The molecule has 1 atom stereocenters. The minimum atomic E-state index is 0.832. The van der Waals surface area contributed by atoms with E-state index in [9.17, 15) is 0 Å². The highest BCUT2D eigenvalue weighted by atomic mass is 14.9. The molecule has 0 spiro atoms. The van der Waals surface area contributed by atoms with Crippen molar-refractivity contribution in [2.75, 3.05) is 6.54 Å². The Balaban J connectivity index is 2.15. The molecule has 1 aliphatic carbocycles.